The van der Waals surface area contributed by atoms with E-state index < -0.39 is 0 Å². The lowest BCUT2D eigenvalue weighted by Crippen LogP contribution is -1.97. The molecule has 0 amide bonds. The summed E-state index contributed by atoms with van der Waals surface area (Å²) in [7, 11) is 1.85. The third-order valence-electron chi connectivity index (χ3n) is 3.55. The number of nitrogens with zero attached hydrogens (tertiary/aromatic N) is 2. The SMILES string of the molecule is CNc1cccc(Nc2nc(-c3ccc(C)c(C)c3)cs2)n1. The van der Waals surface area contributed by atoms with E-state index in [1.54, 1.807) is 11.3 Å². The van der Waals surface area contributed by atoms with Crippen molar-refractivity contribution in [2.45, 2.75) is 13.8 Å². The lowest BCUT2D eigenvalue weighted by Gasteiger charge is -2.04. The van der Waals surface area contributed by atoms with Crippen LogP contribution in [0.2, 0.25) is 0 Å². The molecule has 0 saturated heterocycles. The summed E-state index contributed by atoms with van der Waals surface area (Å²) in [5, 5.41) is 9.18. The Labute approximate surface area is 134 Å². The van der Waals surface area contributed by atoms with Crippen LogP contribution in [0.3, 0.4) is 0 Å². The van der Waals surface area contributed by atoms with Gasteiger partial charge in [0.25, 0.3) is 0 Å². The molecule has 0 aliphatic carbocycles. The topological polar surface area (TPSA) is 49.8 Å². The van der Waals surface area contributed by atoms with Crippen LogP contribution in [0.1, 0.15) is 11.1 Å². The standard InChI is InChI=1S/C17H18N4S/c1-11-7-8-13(9-12(11)2)14-10-22-17(19-14)21-16-6-4-5-15(18-3)20-16/h4-10H,1-3H3,(H2,18,19,20,21). The van der Waals surface area contributed by atoms with Crippen molar-refractivity contribution in [3.63, 3.8) is 0 Å². The van der Waals surface area contributed by atoms with Crippen molar-refractivity contribution < 1.29 is 0 Å². The molecule has 0 unspecified atom stereocenters. The Morgan fingerprint density at radius 1 is 0.955 bits per heavy atom. The molecule has 0 radical (unpaired) electrons. The van der Waals surface area contributed by atoms with Crippen LogP contribution in [0.25, 0.3) is 11.3 Å². The second kappa shape index (κ2) is 6.15. The Balaban J connectivity index is 1.82. The van der Waals surface area contributed by atoms with Gasteiger partial charge in [-0.15, -0.1) is 11.3 Å². The van der Waals surface area contributed by atoms with Gasteiger partial charge in [-0.05, 0) is 43.2 Å². The minimum absolute atomic E-state index is 0.785. The Kier molecular flexibility index (Phi) is 4.06. The van der Waals surface area contributed by atoms with Crippen molar-refractivity contribution in [2.75, 3.05) is 17.7 Å². The molecular weight excluding hydrogens is 292 g/mol. The molecule has 2 aromatic heterocycles. The number of benzene rings is 1. The fourth-order valence-corrected chi connectivity index (χ4v) is 2.84. The van der Waals surface area contributed by atoms with Crippen LogP contribution in [0.4, 0.5) is 16.8 Å². The first-order valence-corrected chi connectivity index (χ1v) is 7.98. The fraction of sp³-hybridized carbons (Fsp3) is 0.176. The highest BCUT2D eigenvalue weighted by Crippen LogP contribution is 2.28. The first kappa shape index (κ1) is 14.5. The lowest BCUT2D eigenvalue weighted by atomic mass is 10.1. The summed E-state index contributed by atoms with van der Waals surface area (Å²) in [5.41, 5.74) is 4.71. The second-order valence-electron chi connectivity index (χ2n) is 5.12. The normalized spacial score (nSPS) is 10.5. The van der Waals surface area contributed by atoms with Crippen LogP contribution in [0.15, 0.2) is 41.8 Å². The number of anilines is 3. The van der Waals surface area contributed by atoms with Crippen LogP contribution in [0.5, 0.6) is 0 Å². The summed E-state index contributed by atoms with van der Waals surface area (Å²) in [4.78, 5) is 9.09. The second-order valence-corrected chi connectivity index (χ2v) is 5.98. The predicted molar refractivity (Wildman–Crippen MR) is 94.1 cm³/mol. The average Bonchev–Trinajstić information content (AvgIpc) is 2.98. The molecule has 3 aromatic rings. The molecule has 0 atom stereocenters. The summed E-state index contributed by atoms with van der Waals surface area (Å²) in [6.45, 7) is 4.24. The average molecular weight is 310 g/mol. The zero-order valence-electron chi connectivity index (χ0n) is 12.8. The number of hydrogen-bond acceptors (Lipinski definition) is 5. The third kappa shape index (κ3) is 3.09. The summed E-state index contributed by atoms with van der Waals surface area (Å²) in [6.07, 6.45) is 0. The number of thiazole rings is 1. The Bertz CT molecular complexity index is 795. The predicted octanol–water partition coefficient (Wildman–Crippen LogP) is 4.61. The maximum atomic E-state index is 4.65. The molecule has 22 heavy (non-hydrogen) atoms. The van der Waals surface area contributed by atoms with E-state index in [4.69, 9.17) is 0 Å². The van der Waals surface area contributed by atoms with Crippen LogP contribution in [-0.2, 0) is 0 Å². The lowest BCUT2D eigenvalue weighted by molar-refractivity contribution is 1.26. The Morgan fingerprint density at radius 3 is 2.55 bits per heavy atom. The molecule has 0 spiro atoms. The van der Waals surface area contributed by atoms with Gasteiger partial charge in [0.05, 0.1) is 5.69 Å². The van der Waals surface area contributed by atoms with E-state index in [0.717, 1.165) is 28.0 Å². The van der Waals surface area contributed by atoms with Gasteiger partial charge in [-0.1, -0.05) is 18.2 Å². The highest BCUT2D eigenvalue weighted by atomic mass is 32.1. The number of hydrogen-bond donors (Lipinski definition) is 2. The highest BCUT2D eigenvalue weighted by molar-refractivity contribution is 7.14. The van der Waals surface area contributed by atoms with Crippen LogP contribution in [-0.4, -0.2) is 17.0 Å². The van der Waals surface area contributed by atoms with E-state index >= 15 is 0 Å². The quantitative estimate of drug-likeness (QED) is 0.739. The highest BCUT2D eigenvalue weighted by Gasteiger charge is 2.06. The number of rotatable bonds is 4. The Morgan fingerprint density at radius 2 is 1.77 bits per heavy atom. The van der Waals surface area contributed by atoms with Crippen molar-refractivity contribution in [3.05, 3.63) is 52.9 Å². The summed E-state index contributed by atoms with van der Waals surface area (Å²) < 4.78 is 0. The first-order chi connectivity index (χ1) is 10.7. The van der Waals surface area contributed by atoms with Crippen molar-refractivity contribution in [1.82, 2.24) is 9.97 Å². The van der Waals surface area contributed by atoms with Gasteiger partial charge in [-0.3, -0.25) is 0 Å². The van der Waals surface area contributed by atoms with Gasteiger partial charge in [0.15, 0.2) is 5.13 Å². The summed E-state index contributed by atoms with van der Waals surface area (Å²) in [5.74, 6) is 1.61. The molecule has 0 saturated carbocycles. The number of aryl methyl sites for hydroxylation is 2. The number of aromatic nitrogens is 2. The molecule has 1 aromatic carbocycles. The maximum Gasteiger partial charge on any atom is 0.188 e. The van der Waals surface area contributed by atoms with Crippen molar-refractivity contribution in [2.24, 2.45) is 0 Å². The minimum Gasteiger partial charge on any atom is -0.373 e. The molecule has 5 heteroatoms. The molecule has 0 aliphatic rings. The molecule has 0 aliphatic heterocycles. The van der Waals surface area contributed by atoms with E-state index in [-0.39, 0.29) is 0 Å². The monoisotopic (exact) mass is 310 g/mol. The van der Waals surface area contributed by atoms with Crippen molar-refractivity contribution in [1.29, 1.82) is 0 Å². The van der Waals surface area contributed by atoms with Crippen LogP contribution in [0, 0.1) is 13.8 Å². The fourth-order valence-electron chi connectivity index (χ4n) is 2.12. The molecule has 112 valence electrons. The number of pyridine rings is 1. The molecule has 2 heterocycles. The molecule has 0 bridgehead atoms. The van der Waals surface area contributed by atoms with Gasteiger partial charge in [0.2, 0.25) is 0 Å². The molecular formula is C17H18N4S. The molecule has 3 rings (SSSR count). The van der Waals surface area contributed by atoms with E-state index in [1.807, 2.05) is 25.2 Å². The van der Waals surface area contributed by atoms with E-state index in [1.165, 1.54) is 11.1 Å². The van der Waals surface area contributed by atoms with Gasteiger partial charge in [0.1, 0.15) is 11.6 Å². The first-order valence-electron chi connectivity index (χ1n) is 7.10. The van der Waals surface area contributed by atoms with Crippen molar-refractivity contribution >= 4 is 28.1 Å². The summed E-state index contributed by atoms with van der Waals surface area (Å²) in [6, 6.07) is 12.2. The van der Waals surface area contributed by atoms with Crippen LogP contribution < -0.4 is 10.6 Å². The van der Waals surface area contributed by atoms with Crippen LogP contribution >= 0.6 is 11.3 Å². The van der Waals surface area contributed by atoms with E-state index in [2.05, 4.69) is 58.0 Å². The minimum atomic E-state index is 0.785. The van der Waals surface area contributed by atoms with Gasteiger partial charge in [-0.2, -0.15) is 0 Å². The van der Waals surface area contributed by atoms with Gasteiger partial charge < -0.3 is 10.6 Å². The zero-order chi connectivity index (χ0) is 15.5. The van der Waals surface area contributed by atoms with E-state index in [9.17, 15) is 0 Å². The molecule has 0 fully saturated rings. The number of nitrogens with one attached hydrogen (secondary N) is 2. The van der Waals surface area contributed by atoms with Crippen molar-refractivity contribution in [3.8, 4) is 11.3 Å². The van der Waals surface area contributed by atoms with Gasteiger partial charge in [0, 0.05) is 18.0 Å². The Hall–Kier alpha value is -2.40. The largest absolute Gasteiger partial charge is 0.373 e. The smallest absolute Gasteiger partial charge is 0.188 e. The summed E-state index contributed by atoms with van der Waals surface area (Å²) >= 11 is 1.58. The van der Waals surface area contributed by atoms with E-state index in [0.29, 0.717) is 0 Å². The van der Waals surface area contributed by atoms with Gasteiger partial charge >= 0.3 is 0 Å². The van der Waals surface area contributed by atoms with Gasteiger partial charge in [-0.25, -0.2) is 9.97 Å². The zero-order valence-corrected chi connectivity index (χ0v) is 13.7. The molecule has 4 nitrogen and oxygen atoms in total. The molecule has 2 N–H and O–H groups in total. The third-order valence-corrected chi connectivity index (χ3v) is 4.30. The maximum absolute atomic E-state index is 4.65.